The number of alkyl halides is 1. The molecular weight excluding hydrogens is 368 g/mol. The van der Waals surface area contributed by atoms with Crippen LogP contribution in [0, 0.1) is 0 Å². The van der Waals surface area contributed by atoms with Crippen molar-refractivity contribution < 1.29 is 19.4 Å². The highest BCUT2D eigenvalue weighted by molar-refractivity contribution is 6.18. The van der Waals surface area contributed by atoms with Crippen molar-refractivity contribution in [1.82, 2.24) is 10.2 Å². The number of aliphatic hydroxyl groups is 1. The third-order valence-corrected chi connectivity index (χ3v) is 5.01. The van der Waals surface area contributed by atoms with Crippen LogP contribution in [-0.2, 0) is 16.0 Å². The molecule has 0 saturated heterocycles. The first-order valence-corrected chi connectivity index (χ1v) is 9.62. The molecule has 1 aliphatic heterocycles. The van der Waals surface area contributed by atoms with Crippen molar-refractivity contribution in [2.75, 3.05) is 19.5 Å². The van der Waals surface area contributed by atoms with Gasteiger partial charge in [-0.3, -0.25) is 9.59 Å². The highest BCUT2D eigenvalue weighted by Gasteiger charge is 2.27. The smallest absolute Gasteiger partial charge is 0.242 e. The van der Waals surface area contributed by atoms with Crippen LogP contribution in [0.15, 0.2) is 36.4 Å². The van der Waals surface area contributed by atoms with Crippen molar-refractivity contribution in [3.05, 3.63) is 42.0 Å². The predicted octanol–water partition coefficient (Wildman–Crippen LogP) is 1.89. The Kier molecular flexibility index (Phi) is 8.13. The lowest BCUT2D eigenvalue weighted by Crippen LogP contribution is -2.53. The normalized spacial score (nSPS) is 24.7. The molecule has 2 rings (SSSR count). The molecule has 6 nitrogen and oxygen atoms in total. The summed E-state index contributed by atoms with van der Waals surface area (Å²) in [6, 6.07) is 6.31. The number of amides is 2. The number of nitrogens with zero attached hydrogens (tertiary/aromatic N) is 1. The van der Waals surface area contributed by atoms with E-state index in [0.29, 0.717) is 31.6 Å². The van der Waals surface area contributed by atoms with Gasteiger partial charge in [0.05, 0.1) is 18.0 Å². The molecular formula is C20H27ClN2O4. The average molecular weight is 395 g/mol. The molecule has 1 aromatic rings. The molecule has 148 valence electrons. The van der Waals surface area contributed by atoms with Crippen molar-refractivity contribution in [2.45, 2.75) is 44.4 Å². The first-order chi connectivity index (χ1) is 12.9. The molecule has 2 N–H and O–H groups in total. The van der Waals surface area contributed by atoms with Crippen LogP contribution in [0.3, 0.4) is 0 Å². The van der Waals surface area contributed by atoms with Gasteiger partial charge in [-0.15, -0.1) is 11.6 Å². The van der Waals surface area contributed by atoms with Crippen molar-refractivity contribution in [1.29, 1.82) is 0 Å². The first kappa shape index (κ1) is 21.3. The second-order valence-corrected chi connectivity index (χ2v) is 7.00. The monoisotopic (exact) mass is 394 g/mol. The third-order valence-electron chi connectivity index (χ3n) is 4.70. The van der Waals surface area contributed by atoms with Gasteiger partial charge in [-0.25, -0.2) is 0 Å². The lowest BCUT2D eigenvalue weighted by Gasteiger charge is -2.28. The number of nitrogens with one attached hydrogen (secondary N) is 1. The molecule has 0 fully saturated rings. The number of rotatable bonds is 2. The Bertz CT molecular complexity index is 680. The fourth-order valence-electron chi connectivity index (χ4n) is 2.82. The van der Waals surface area contributed by atoms with Crippen LogP contribution in [0.5, 0.6) is 5.75 Å². The highest BCUT2D eigenvalue weighted by Crippen LogP contribution is 2.17. The molecule has 1 heterocycles. The molecule has 2 amide bonds. The van der Waals surface area contributed by atoms with Gasteiger partial charge in [0.25, 0.3) is 0 Å². The topological polar surface area (TPSA) is 78.9 Å². The molecule has 3 atom stereocenters. The van der Waals surface area contributed by atoms with E-state index in [-0.39, 0.29) is 17.7 Å². The zero-order chi connectivity index (χ0) is 19.8. The van der Waals surface area contributed by atoms with Gasteiger partial charge in [-0.05, 0) is 37.5 Å². The van der Waals surface area contributed by atoms with Crippen molar-refractivity contribution in [2.24, 2.45) is 0 Å². The SMILES string of the molecule is C[C@H]1C(=O)N[C@H]([C@H](O)CCl)Cc2cccc(c2)OC/C=C\CCC(=O)N1C. The Balaban J connectivity index is 2.27. The van der Waals surface area contributed by atoms with Crippen molar-refractivity contribution >= 4 is 23.4 Å². The number of aliphatic hydroxyl groups excluding tert-OH is 1. The number of hydrogen-bond donors (Lipinski definition) is 2. The van der Waals surface area contributed by atoms with E-state index in [9.17, 15) is 14.7 Å². The number of halogens is 1. The molecule has 0 aliphatic carbocycles. The minimum absolute atomic E-state index is 0.00488. The quantitative estimate of drug-likeness (QED) is 0.593. The van der Waals surface area contributed by atoms with E-state index in [0.717, 1.165) is 5.56 Å². The summed E-state index contributed by atoms with van der Waals surface area (Å²) in [4.78, 5) is 26.3. The molecule has 0 unspecified atom stereocenters. The van der Waals surface area contributed by atoms with Gasteiger partial charge in [0.2, 0.25) is 11.8 Å². The van der Waals surface area contributed by atoms with Crippen LogP contribution >= 0.6 is 11.6 Å². The fraction of sp³-hybridized carbons (Fsp3) is 0.500. The summed E-state index contributed by atoms with van der Waals surface area (Å²) in [5, 5.41) is 13.1. The largest absolute Gasteiger partial charge is 0.490 e. The maximum atomic E-state index is 12.6. The summed E-state index contributed by atoms with van der Waals surface area (Å²) in [6.45, 7) is 2.08. The maximum absolute atomic E-state index is 12.6. The number of carbonyl (C=O) groups excluding carboxylic acids is 2. The van der Waals surface area contributed by atoms with Crippen LogP contribution in [0.25, 0.3) is 0 Å². The Morgan fingerprint density at radius 1 is 1.37 bits per heavy atom. The van der Waals surface area contributed by atoms with Gasteiger partial charge >= 0.3 is 0 Å². The van der Waals surface area contributed by atoms with E-state index in [1.165, 1.54) is 4.90 Å². The van der Waals surface area contributed by atoms with E-state index in [1.807, 2.05) is 36.4 Å². The molecule has 27 heavy (non-hydrogen) atoms. The Morgan fingerprint density at radius 3 is 2.89 bits per heavy atom. The Hall–Kier alpha value is -2.05. The second kappa shape index (κ2) is 10.3. The fourth-order valence-corrected chi connectivity index (χ4v) is 3.03. The molecule has 2 bridgehead atoms. The van der Waals surface area contributed by atoms with Gasteiger partial charge < -0.3 is 20.1 Å². The molecule has 7 heteroatoms. The minimum Gasteiger partial charge on any atom is -0.490 e. The molecule has 1 aliphatic rings. The third kappa shape index (κ3) is 6.26. The number of ether oxygens (including phenoxy) is 1. The predicted molar refractivity (Wildman–Crippen MR) is 105 cm³/mol. The summed E-state index contributed by atoms with van der Waals surface area (Å²) < 4.78 is 5.70. The number of allylic oxidation sites excluding steroid dienone is 1. The van der Waals surface area contributed by atoms with Crippen molar-refractivity contribution in [3.8, 4) is 5.75 Å². The first-order valence-electron chi connectivity index (χ1n) is 9.09. The standard InChI is InChI=1S/C20H27ClN2O4/c1-14-20(26)22-17(18(24)13-21)12-15-7-6-8-16(11-15)27-10-5-3-4-9-19(25)23(14)2/h3,5-8,11,14,17-18,24H,4,9-10,12-13H2,1-2H3,(H,22,26)/b5-3-/t14-,17-,18+/m0/s1. The lowest BCUT2D eigenvalue weighted by atomic mass is 10.0. The van der Waals surface area contributed by atoms with E-state index in [2.05, 4.69) is 5.32 Å². The minimum atomic E-state index is -0.907. The van der Waals surface area contributed by atoms with E-state index >= 15 is 0 Å². The number of carbonyl (C=O) groups is 2. The van der Waals surface area contributed by atoms with Crippen LogP contribution < -0.4 is 10.1 Å². The summed E-state index contributed by atoms with van der Waals surface area (Å²) in [5.74, 6) is 0.263. The summed E-state index contributed by atoms with van der Waals surface area (Å²) in [7, 11) is 1.61. The van der Waals surface area contributed by atoms with Gasteiger partial charge in [-0.2, -0.15) is 0 Å². The summed E-state index contributed by atoms with van der Waals surface area (Å²) in [5.41, 5.74) is 0.912. The zero-order valence-corrected chi connectivity index (χ0v) is 16.5. The molecule has 0 radical (unpaired) electrons. The Labute approximate surface area is 165 Å². The van der Waals surface area contributed by atoms with Crippen LogP contribution in [0.1, 0.15) is 25.3 Å². The van der Waals surface area contributed by atoms with Crippen LogP contribution in [0.4, 0.5) is 0 Å². The van der Waals surface area contributed by atoms with Crippen LogP contribution in [0.2, 0.25) is 0 Å². The maximum Gasteiger partial charge on any atom is 0.242 e. The highest BCUT2D eigenvalue weighted by atomic mass is 35.5. The Morgan fingerprint density at radius 2 is 2.15 bits per heavy atom. The zero-order valence-electron chi connectivity index (χ0n) is 15.7. The van der Waals surface area contributed by atoms with E-state index in [4.69, 9.17) is 16.3 Å². The number of benzene rings is 1. The number of likely N-dealkylation sites (N-methyl/N-ethyl adjacent to an activating group) is 1. The summed E-state index contributed by atoms with van der Waals surface area (Å²) in [6.07, 6.45) is 4.16. The number of fused-ring (bicyclic) bond motifs is 2. The van der Waals surface area contributed by atoms with Crippen molar-refractivity contribution in [3.63, 3.8) is 0 Å². The molecule has 0 saturated carbocycles. The summed E-state index contributed by atoms with van der Waals surface area (Å²) >= 11 is 5.82. The van der Waals surface area contributed by atoms with E-state index < -0.39 is 18.2 Å². The van der Waals surface area contributed by atoms with E-state index in [1.54, 1.807) is 14.0 Å². The molecule has 1 aromatic carbocycles. The second-order valence-electron chi connectivity index (χ2n) is 6.69. The molecule has 0 aromatic heterocycles. The van der Waals surface area contributed by atoms with Gasteiger partial charge in [-0.1, -0.05) is 24.3 Å². The van der Waals surface area contributed by atoms with Crippen LogP contribution in [-0.4, -0.2) is 59.5 Å². The lowest BCUT2D eigenvalue weighted by molar-refractivity contribution is -0.138. The average Bonchev–Trinajstić information content (AvgIpc) is 2.67. The van der Waals surface area contributed by atoms with Gasteiger partial charge in [0, 0.05) is 13.5 Å². The van der Waals surface area contributed by atoms with Gasteiger partial charge in [0.15, 0.2) is 0 Å². The van der Waals surface area contributed by atoms with Gasteiger partial charge in [0.1, 0.15) is 18.4 Å². The number of hydrogen-bond acceptors (Lipinski definition) is 4. The molecule has 0 spiro atoms.